The third-order valence-electron chi connectivity index (χ3n) is 11.2. The Hall–Kier alpha value is -6.58. The second kappa shape index (κ2) is 10.7. The van der Waals surface area contributed by atoms with E-state index in [4.69, 9.17) is 8.83 Å². The molecule has 11 rings (SSSR count). The topological polar surface area (TPSA) is 29.5 Å². The molecule has 0 fully saturated rings. The SMILES string of the molecule is CC1(C)c2ccccc2-c2c(N(c3ccc(-c4ccc5cc6oc7ccccc7c6cc5c4)cc3)c3ccc4c(c3)oc3ccccc34)cccc21. The van der Waals surface area contributed by atoms with Crippen molar-refractivity contribution in [2.75, 3.05) is 4.90 Å². The van der Waals surface area contributed by atoms with Gasteiger partial charge in [0.25, 0.3) is 0 Å². The number of para-hydroxylation sites is 2. The maximum Gasteiger partial charge on any atom is 0.137 e. The number of fused-ring (bicyclic) bond motifs is 10. The summed E-state index contributed by atoms with van der Waals surface area (Å²) in [5.74, 6) is 0. The van der Waals surface area contributed by atoms with Crippen molar-refractivity contribution in [3.05, 3.63) is 175 Å². The molecule has 10 aromatic rings. The van der Waals surface area contributed by atoms with Crippen LogP contribution in [0.2, 0.25) is 0 Å². The van der Waals surface area contributed by atoms with Gasteiger partial charge >= 0.3 is 0 Å². The first kappa shape index (κ1) is 29.2. The van der Waals surface area contributed by atoms with Crippen LogP contribution in [0.4, 0.5) is 17.1 Å². The van der Waals surface area contributed by atoms with Crippen molar-refractivity contribution in [2.24, 2.45) is 0 Å². The molecule has 0 bridgehead atoms. The summed E-state index contributed by atoms with van der Waals surface area (Å²) in [6, 6.07) is 58.9. The van der Waals surface area contributed by atoms with Crippen LogP contribution in [0.5, 0.6) is 0 Å². The Kier molecular flexibility index (Phi) is 6.01. The van der Waals surface area contributed by atoms with E-state index < -0.39 is 0 Å². The molecule has 0 spiro atoms. The van der Waals surface area contributed by atoms with E-state index in [1.54, 1.807) is 0 Å². The average molecular weight is 668 g/mol. The standard InChI is InChI=1S/C49H33NO2/c1-49(2)41-13-6-3-12-39(41)48-42(49)14-9-15-43(48)50(35-24-25-38-36-10-4-7-16-44(36)52-47(38)29-35)34-22-20-30(21-23-34)31-18-19-32-28-46-40(27-33(32)26-31)37-11-5-8-17-45(37)51-46/h3-29H,1-2H3. The molecule has 1 aliphatic carbocycles. The second-order valence-corrected chi connectivity index (χ2v) is 14.5. The fourth-order valence-electron chi connectivity index (χ4n) is 8.65. The summed E-state index contributed by atoms with van der Waals surface area (Å²) in [7, 11) is 0. The van der Waals surface area contributed by atoms with Gasteiger partial charge in [0, 0.05) is 50.0 Å². The normalized spacial score (nSPS) is 13.3. The van der Waals surface area contributed by atoms with E-state index in [1.165, 1.54) is 44.2 Å². The molecule has 0 unspecified atom stereocenters. The van der Waals surface area contributed by atoms with Crippen molar-refractivity contribution in [2.45, 2.75) is 19.3 Å². The number of hydrogen-bond donors (Lipinski definition) is 0. The lowest BCUT2D eigenvalue weighted by Gasteiger charge is -2.29. The van der Waals surface area contributed by atoms with E-state index in [1.807, 2.05) is 24.3 Å². The summed E-state index contributed by atoms with van der Waals surface area (Å²) < 4.78 is 12.6. The highest BCUT2D eigenvalue weighted by atomic mass is 16.3. The van der Waals surface area contributed by atoms with Crippen molar-refractivity contribution in [3.8, 4) is 22.3 Å². The number of furan rings is 2. The van der Waals surface area contributed by atoms with Gasteiger partial charge < -0.3 is 13.7 Å². The van der Waals surface area contributed by atoms with Gasteiger partial charge in [0.1, 0.15) is 22.3 Å². The van der Waals surface area contributed by atoms with Gasteiger partial charge in [0.15, 0.2) is 0 Å². The van der Waals surface area contributed by atoms with Crippen LogP contribution in [0.25, 0.3) is 76.9 Å². The highest BCUT2D eigenvalue weighted by molar-refractivity contribution is 6.10. The molecule has 3 heteroatoms. The van der Waals surface area contributed by atoms with Crippen LogP contribution in [-0.2, 0) is 5.41 Å². The molecule has 0 N–H and O–H groups in total. The van der Waals surface area contributed by atoms with Gasteiger partial charge in [0.2, 0.25) is 0 Å². The molecule has 0 saturated heterocycles. The monoisotopic (exact) mass is 667 g/mol. The Morgan fingerprint density at radius 3 is 1.87 bits per heavy atom. The molecule has 52 heavy (non-hydrogen) atoms. The van der Waals surface area contributed by atoms with E-state index in [0.717, 1.165) is 60.9 Å². The van der Waals surface area contributed by atoms with Crippen LogP contribution in [-0.4, -0.2) is 0 Å². The van der Waals surface area contributed by atoms with Crippen molar-refractivity contribution >= 4 is 71.7 Å². The summed E-state index contributed by atoms with van der Waals surface area (Å²) in [6.07, 6.45) is 0. The molecule has 3 nitrogen and oxygen atoms in total. The summed E-state index contributed by atoms with van der Waals surface area (Å²) >= 11 is 0. The third kappa shape index (κ3) is 4.20. The van der Waals surface area contributed by atoms with Gasteiger partial charge in [-0.2, -0.15) is 0 Å². The van der Waals surface area contributed by atoms with E-state index in [0.29, 0.717) is 0 Å². The Labute approximate surface area is 301 Å². The predicted octanol–water partition coefficient (Wildman–Crippen LogP) is 14.1. The van der Waals surface area contributed by atoms with Gasteiger partial charge in [-0.3, -0.25) is 0 Å². The van der Waals surface area contributed by atoms with Crippen molar-refractivity contribution in [1.82, 2.24) is 0 Å². The molecule has 8 aromatic carbocycles. The average Bonchev–Trinajstić information content (AvgIpc) is 3.81. The molecule has 0 saturated carbocycles. The summed E-state index contributed by atoms with van der Waals surface area (Å²) in [5.41, 5.74) is 14.4. The van der Waals surface area contributed by atoms with Crippen LogP contribution in [0.15, 0.2) is 173 Å². The lowest BCUT2D eigenvalue weighted by Crippen LogP contribution is -2.16. The van der Waals surface area contributed by atoms with Crippen molar-refractivity contribution in [3.63, 3.8) is 0 Å². The van der Waals surface area contributed by atoms with Gasteiger partial charge in [-0.05, 0) is 99.3 Å². The van der Waals surface area contributed by atoms with Gasteiger partial charge in [0.05, 0.1) is 5.69 Å². The highest BCUT2D eigenvalue weighted by Crippen LogP contribution is 2.54. The maximum atomic E-state index is 6.42. The maximum absolute atomic E-state index is 6.42. The number of benzene rings is 8. The van der Waals surface area contributed by atoms with E-state index in [9.17, 15) is 0 Å². The molecule has 2 heterocycles. The van der Waals surface area contributed by atoms with Crippen LogP contribution < -0.4 is 4.90 Å². The lowest BCUT2D eigenvalue weighted by atomic mass is 9.82. The predicted molar refractivity (Wildman–Crippen MR) is 216 cm³/mol. The first-order valence-corrected chi connectivity index (χ1v) is 17.9. The highest BCUT2D eigenvalue weighted by Gasteiger charge is 2.37. The molecule has 1 aliphatic rings. The van der Waals surface area contributed by atoms with Crippen LogP contribution in [0.1, 0.15) is 25.0 Å². The Balaban J connectivity index is 1.07. The number of nitrogens with zero attached hydrogens (tertiary/aromatic N) is 1. The molecule has 0 radical (unpaired) electrons. The van der Waals surface area contributed by atoms with Crippen molar-refractivity contribution < 1.29 is 8.83 Å². The summed E-state index contributed by atoms with van der Waals surface area (Å²) in [5, 5.41) is 6.91. The first-order valence-electron chi connectivity index (χ1n) is 17.9. The van der Waals surface area contributed by atoms with Gasteiger partial charge in [-0.1, -0.05) is 111 Å². The van der Waals surface area contributed by atoms with Gasteiger partial charge in [-0.25, -0.2) is 0 Å². The minimum absolute atomic E-state index is 0.107. The minimum atomic E-state index is -0.107. The molecular formula is C49H33NO2. The lowest BCUT2D eigenvalue weighted by molar-refractivity contribution is 0.660. The van der Waals surface area contributed by atoms with E-state index in [2.05, 4.69) is 158 Å². The van der Waals surface area contributed by atoms with E-state index >= 15 is 0 Å². The smallest absolute Gasteiger partial charge is 0.137 e. The van der Waals surface area contributed by atoms with Crippen LogP contribution in [0, 0.1) is 0 Å². The third-order valence-corrected chi connectivity index (χ3v) is 11.2. The molecule has 0 amide bonds. The van der Waals surface area contributed by atoms with Crippen LogP contribution >= 0.6 is 0 Å². The molecule has 2 aromatic heterocycles. The Morgan fingerprint density at radius 1 is 0.423 bits per heavy atom. The summed E-state index contributed by atoms with van der Waals surface area (Å²) in [4.78, 5) is 2.40. The van der Waals surface area contributed by atoms with E-state index in [-0.39, 0.29) is 5.41 Å². The number of anilines is 3. The zero-order valence-electron chi connectivity index (χ0n) is 28.9. The minimum Gasteiger partial charge on any atom is -0.456 e. The largest absolute Gasteiger partial charge is 0.456 e. The zero-order chi connectivity index (χ0) is 34.6. The van der Waals surface area contributed by atoms with Gasteiger partial charge in [-0.15, -0.1) is 0 Å². The number of rotatable bonds is 4. The fourth-order valence-corrected chi connectivity index (χ4v) is 8.65. The van der Waals surface area contributed by atoms with Crippen molar-refractivity contribution in [1.29, 1.82) is 0 Å². The molecule has 246 valence electrons. The molecule has 0 aliphatic heterocycles. The second-order valence-electron chi connectivity index (χ2n) is 14.5. The summed E-state index contributed by atoms with van der Waals surface area (Å²) in [6.45, 7) is 4.68. The zero-order valence-corrected chi connectivity index (χ0v) is 28.9. The van der Waals surface area contributed by atoms with Crippen LogP contribution in [0.3, 0.4) is 0 Å². The molecule has 0 atom stereocenters. The number of hydrogen-bond acceptors (Lipinski definition) is 3. The Bertz CT molecular complexity index is 3050. The first-order chi connectivity index (χ1) is 25.5. The quantitative estimate of drug-likeness (QED) is 0.187. The Morgan fingerprint density at radius 2 is 1.06 bits per heavy atom. The fraction of sp³-hybridized carbons (Fsp3) is 0.0612. The molecular weight excluding hydrogens is 635 g/mol.